The molecular weight excluding hydrogens is 318 g/mol. The van der Waals surface area contributed by atoms with E-state index in [9.17, 15) is 0 Å². The first kappa shape index (κ1) is 14.0. The highest BCUT2D eigenvalue weighted by molar-refractivity contribution is 5.92. The van der Waals surface area contributed by atoms with Crippen molar-refractivity contribution >= 4 is 22.5 Å². The molecule has 0 fully saturated rings. The molecule has 5 rings (SSSR count). The first-order chi connectivity index (χ1) is 12.3. The number of nitrogens with zero attached hydrogens (tertiary/aromatic N) is 4. The Morgan fingerprint density at radius 1 is 1.08 bits per heavy atom. The van der Waals surface area contributed by atoms with Crippen LogP contribution in [-0.2, 0) is 6.54 Å². The van der Waals surface area contributed by atoms with Gasteiger partial charge >= 0.3 is 0 Å². The van der Waals surface area contributed by atoms with E-state index in [0.717, 1.165) is 39.4 Å². The van der Waals surface area contributed by atoms with E-state index in [2.05, 4.69) is 15.5 Å². The fourth-order valence-corrected chi connectivity index (χ4v) is 3.07. The van der Waals surface area contributed by atoms with Crippen molar-refractivity contribution in [1.82, 2.24) is 19.6 Å². The molecule has 25 heavy (non-hydrogen) atoms. The molecule has 3 heterocycles. The van der Waals surface area contributed by atoms with Crippen molar-refractivity contribution in [3.63, 3.8) is 0 Å². The summed E-state index contributed by atoms with van der Waals surface area (Å²) in [6.07, 6.45) is 0. The number of benzene rings is 2. The van der Waals surface area contributed by atoms with E-state index >= 15 is 0 Å². The van der Waals surface area contributed by atoms with Crippen molar-refractivity contribution in [3.8, 4) is 11.5 Å². The Bertz CT molecular complexity index is 1110. The zero-order chi connectivity index (χ0) is 16.8. The number of rotatable bonds is 3. The van der Waals surface area contributed by atoms with Crippen molar-refractivity contribution in [3.05, 3.63) is 53.9 Å². The maximum atomic E-state index is 5.43. The van der Waals surface area contributed by atoms with Gasteiger partial charge < -0.3 is 14.8 Å². The highest BCUT2D eigenvalue weighted by atomic mass is 16.7. The van der Waals surface area contributed by atoms with E-state index in [4.69, 9.17) is 14.5 Å². The van der Waals surface area contributed by atoms with Gasteiger partial charge in [-0.15, -0.1) is 10.2 Å². The van der Waals surface area contributed by atoms with Crippen molar-refractivity contribution in [2.75, 3.05) is 12.1 Å². The Balaban J connectivity index is 1.54. The molecule has 2 aromatic carbocycles. The predicted molar refractivity (Wildman–Crippen MR) is 92.9 cm³/mol. The van der Waals surface area contributed by atoms with Crippen LogP contribution < -0.4 is 14.8 Å². The zero-order valence-electron chi connectivity index (χ0n) is 13.6. The van der Waals surface area contributed by atoms with Crippen LogP contribution in [0.3, 0.4) is 0 Å². The maximum Gasteiger partial charge on any atom is 0.231 e. The lowest BCUT2D eigenvalue weighted by molar-refractivity contribution is 0.174. The summed E-state index contributed by atoms with van der Waals surface area (Å²) < 4.78 is 12.7. The average Bonchev–Trinajstić information content (AvgIpc) is 3.26. The molecule has 0 saturated heterocycles. The number of para-hydroxylation sites is 1. The van der Waals surface area contributed by atoms with Crippen LogP contribution >= 0.6 is 0 Å². The number of fused-ring (bicyclic) bond motifs is 4. The second-order valence-electron chi connectivity index (χ2n) is 5.90. The van der Waals surface area contributed by atoms with Gasteiger partial charge in [-0.2, -0.15) is 0 Å². The van der Waals surface area contributed by atoms with E-state index in [0.29, 0.717) is 12.5 Å². The summed E-state index contributed by atoms with van der Waals surface area (Å²) in [4.78, 5) is 4.74. The molecule has 2 aromatic heterocycles. The topological polar surface area (TPSA) is 73.6 Å². The largest absolute Gasteiger partial charge is 0.454 e. The fourth-order valence-electron chi connectivity index (χ4n) is 3.07. The fraction of sp³-hybridized carbons (Fsp3) is 0.167. The molecule has 7 heteroatoms. The number of hydrogen-bond acceptors (Lipinski definition) is 6. The summed E-state index contributed by atoms with van der Waals surface area (Å²) in [5, 5.41) is 12.9. The van der Waals surface area contributed by atoms with Gasteiger partial charge in [0.15, 0.2) is 17.1 Å². The third kappa shape index (κ3) is 2.24. The Labute approximate surface area is 143 Å². The van der Waals surface area contributed by atoms with Crippen LogP contribution in [0.15, 0.2) is 42.5 Å². The molecule has 1 aliphatic heterocycles. The molecule has 0 spiro atoms. The van der Waals surface area contributed by atoms with Crippen molar-refractivity contribution in [2.45, 2.75) is 13.5 Å². The molecule has 4 aromatic rings. The van der Waals surface area contributed by atoms with E-state index in [1.54, 1.807) is 0 Å². The molecule has 7 nitrogen and oxygen atoms in total. The third-order valence-electron chi connectivity index (χ3n) is 4.30. The van der Waals surface area contributed by atoms with Crippen LogP contribution in [-0.4, -0.2) is 26.4 Å². The number of ether oxygens (including phenoxy) is 2. The van der Waals surface area contributed by atoms with Gasteiger partial charge in [0, 0.05) is 11.9 Å². The Hall–Kier alpha value is -3.35. The van der Waals surface area contributed by atoms with Gasteiger partial charge in [0.25, 0.3) is 0 Å². The van der Waals surface area contributed by atoms with Crippen LogP contribution in [0.2, 0.25) is 0 Å². The minimum Gasteiger partial charge on any atom is -0.454 e. The van der Waals surface area contributed by atoms with Gasteiger partial charge in [-0.1, -0.05) is 18.2 Å². The highest BCUT2D eigenvalue weighted by Crippen LogP contribution is 2.32. The van der Waals surface area contributed by atoms with Crippen LogP contribution in [0.25, 0.3) is 16.6 Å². The summed E-state index contributed by atoms with van der Waals surface area (Å²) in [5.74, 6) is 3.07. The van der Waals surface area contributed by atoms with Crippen molar-refractivity contribution < 1.29 is 9.47 Å². The number of aromatic nitrogens is 4. The third-order valence-corrected chi connectivity index (χ3v) is 4.30. The quantitative estimate of drug-likeness (QED) is 0.621. The summed E-state index contributed by atoms with van der Waals surface area (Å²) in [6.45, 7) is 2.80. The number of anilines is 1. The monoisotopic (exact) mass is 333 g/mol. The SMILES string of the molecule is Cc1nnc2c3ccccc3nc(NCc3ccc4c(c3)OCO4)n12. The molecule has 0 atom stereocenters. The summed E-state index contributed by atoms with van der Waals surface area (Å²) in [5.41, 5.74) is 2.77. The van der Waals surface area contributed by atoms with Gasteiger partial charge in [0.1, 0.15) is 5.82 Å². The molecule has 0 unspecified atom stereocenters. The second kappa shape index (κ2) is 5.34. The smallest absolute Gasteiger partial charge is 0.231 e. The van der Waals surface area contributed by atoms with E-state index in [1.807, 2.05) is 53.8 Å². The highest BCUT2D eigenvalue weighted by Gasteiger charge is 2.15. The predicted octanol–water partition coefficient (Wildman–Crippen LogP) is 2.93. The molecule has 0 bridgehead atoms. The summed E-state index contributed by atoms with van der Waals surface area (Å²) in [7, 11) is 0. The van der Waals surface area contributed by atoms with Crippen molar-refractivity contribution in [2.24, 2.45) is 0 Å². The molecule has 0 radical (unpaired) electrons. The van der Waals surface area contributed by atoms with Crippen LogP contribution in [0.5, 0.6) is 11.5 Å². The molecule has 124 valence electrons. The van der Waals surface area contributed by atoms with Gasteiger partial charge in [-0.05, 0) is 36.8 Å². The zero-order valence-corrected chi connectivity index (χ0v) is 13.6. The number of nitrogens with one attached hydrogen (secondary N) is 1. The minimum atomic E-state index is 0.277. The van der Waals surface area contributed by atoms with E-state index in [-0.39, 0.29) is 6.79 Å². The van der Waals surface area contributed by atoms with Crippen LogP contribution in [0.1, 0.15) is 11.4 Å². The normalized spacial score (nSPS) is 12.8. The molecule has 0 amide bonds. The molecular formula is C18H15N5O2. The van der Waals surface area contributed by atoms with Crippen molar-refractivity contribution in [1.29, 1.82) is 0 Å². The summed E-state index contributed by atoms with van der Waals surface area (Å²) in [6, 6.07) is 13.8. The molecule has 0 aliphatic carbocycles. The first-order valence-corrected chi connectivity index (χ1v) is 8.02. The first-order valence-electron chi connectivity index (χ1n) is 8.02. The minimum absolute atomic E-state index is 0.277. The molecule has 1 aliphatic rings. The van der Waals surface area contributed by atoms with E-state index in [1.165, 1.54) is 0 Å². The standard InChI is InChI=1S/C18H15N5O2/c1-11-21-22-17-13-4-2-3-5-14(13)20-18(23(11)17)19-9-12-6-7-15-16(8-12)25-10-24-15/h2-8H,9-10H2,1H3,(H,19,20). The lowest BCUT2D eigenvalue weighted by Gasteiger charge is -2.11. The Kier molecular flexibility index (Phi) is 3.00. The average molecular weight is 333 g/mol. The lowest BCUT2D eigenvalue weighted by Crippen LogP contribution is -2.08. The molecule has 1 N–H and O–H groups in total. The van der Waals surface area contributed by atoms with Gasteiger partial charge in [-0.25, -0.2) is 9.38 Å². The lowest BCUT2D eigenvalue weighted by atomic mass is 10.2. The van der Waals surface area contributed by atoms with Gasteiger partial charge in [0.2, 0.25) is 12.7 Å². The van der Waals surface area contributed by atoms with Crippen LogP contribution in [0, 0.1) is 6.92 Å². The number of aryl methyl sites for hydroxylation is 1. The number of hydrogen-bond donors (Lipinski definition) is 1. The Morgan fingerprint density at radius 2 is 1.96 bits per heavy atom. The van der Waals surface area contributed by atoms with Crippen LogP contribution in [0.4, 0.5) is 5.95 Å². The maximum absolute atomic E-state index is 5.43. The Morgan fingerprint density at radius 3 is 2.92 bits per heavy atom. The molecule has 0 saturated carbocycles. The second-order valence-corrected chi connectivity index (χ2v) is 5.90. The van der Waals surface area contributed by atoms with Gasteiger partial charge in [-0.3, -0.25) is 0 Å². The van der Waals surface area contributed by atoms with E-state index < -0.39 is 0 Å². The van der Waals surface area contributed by atoms with Gasteiger partial charge in [0.05, 0.1) is 5.52 Å². The summed E-state index contributed by atoms with van der Waals surface area (Å²) >= 11 is 0.